The Morgan fingerprint density at radius 1 is 1.03 bits per heavy atom. The number of hydrogen-bond acceptors (Lipinski definition) is 7. The van der Waals surface area contributed by atoms with Crippen LogP contribution in [0.4, 0.5) is 11.5 Å². The van der Waals surface area contributed by atoms with Gasteiger partial charge in [0.05, 0.1) is 25.6 Å². The summed E-state index contributed by atoms with van der Waals surface area (Å²) in [6.07, 6.45) is 1.57. The van der Waals surface area contributed by atoms with Gasteiger partial charge >= 0.3 is 0 Å². The largest absolute Gasteiger partial charge is 0.495 e. The highest BCUT2D eigenvalue weighted by molar-refractivity contribution is 5.92. The molecule has 8 nitrogen and oxygen atoms in total. The number of carbonyl (C=O) groups is 1. The molecule has 1 amide bonds. The zero-order valence-corrected chi connectivity index (χ0v) is 16.2. The van der Waals surface area contributed by atoms with Gasteiger partial charge in [0.25, 0.3) is 5.91 Å². The standard InChI is InChI=1S/C21H23N5O3/c1-28-19-7-3-2-6-18(19)25-10-12-26(13-11-25)20-9-8-17(23-24-20)21(27)22-15-16-5-4-14-29-16/h2-9,14H,10-13,15H2,1H3,(H,22,27). The van der Waals surface area contributed by atoms with E-state index in [2.05, 4.69) is 31.4 Å². The van der Waals surface area contributed by atoms with Crippen molar-refractivity contribution in [2.24, 2.45) is 0 Å². The number of aromatic nitrogens is 2. The van der Waals surface area contributed by atoms with E-state index in [1.54, 1.807) is 31.6 Å². The van der Waals surface area contributed by atoms with Crippen molar-refractivity contribution in [1.29, 1.82) is 0 Å². The molecule has 1 fully saturated rings. The SMILES string of the molecule is COc1ccccc1N1CCN(c2ccc(C(=O)NCc3ccco3)nn2)CC1. The molecule has 1 N–H and O–H groups in total. The number of piperazine rings is 1. The zero-order chi connectivity index (χ0) is 20.1. The Bertz CT molecular complexity index is 935. The van der Waals surface area contributed by atoms with Gasteiger partial charge < -0.3 is 24.3 Å². The summed E-state index contributed by atoms with van der Waals surface area (Å²) in [5.41, 5.74) is 1.39. The van der Waals surface area contributed by atoms with Gasteiger partial charge in [0.1, 0.15) is 11.5 Å². The first-order chi connectivity index (χ1) is 14.2. The number of anilines is 2. The zero-order valence-electron chi connectivity index (χ0n) is 16.2. The number of rotatable bonds is 6. The number of benzene rings is 1. The molecule has 0 bridgehead atoms. The molecule has 29 heavy (non-hydrogen) atoms. The second-order valence-corrected chi connectivity index (χ2v) is 6.68. The first-order valence-electron chi connectivity index (χ1n) is 9.52. The molecule has 0 aliphatic carbocycles. The fourth-order valence-electron chi connectivity index (χ4n) is 3.35. The number of furan rings is 1. The number of nitrogens with zero attached hydrogens (tertiary/aromatic N) is 4. The Morgan fingerprint density at radius 3 is 2.52 bits per heavy atom. The molecule has 150 valence electrons. The van der Waals surface area contributed by atoms with E-state index in [0.717, 1.165) is 43.4 Å². The number of methoxy groups -OCH3 is 1. The average Bonchev–Trinajstić information content (AvgIpc) is 3.31. The molecule has 2 aromatic heterocycles. The third-order valence-corrected chi connectivity index (χ3v) is 4.92. The van der Waals surface area contributed by atoms with Crippen molar-refractivity contribution in [3.63, 3.8) is 0 Å². The van der Waals surface area contributed by atoms with Crippen LogP contribution in [0.2, 0.25) is 0 Å². The summed E-state index contributed by atoms with van der Waals surface area (Å²) in [5, 5.41) is 11.1. The molecular formula is C21H23N5O3. The van der Waals surface area contributed by atoms with Gasteiger partial charge in [-0.2, -0.15) is 0 Å². The van der Waals surface area contributed by atoms with Crippen LogP contribution in [-0.4, -0.2) is 49.4 Å². The lowest BCUT2D eigenvalue weighted by molar-refractivity contribution is 0.0942. The smallest absolute Gasteiger partial charge is 0.272 e. The summed E-state index contributed by atoms with van der Waals surface area (Å²) in [7, 11) is 1.69. The molecule has 8 heteroatoms. The van der Waals surface area contributed by atoms with Crippen molar-refractivity contribution in [1.82, 2.24) is 15.5 Å². The van der Waals surface area contributed by atoms with Crippen LogP contribution in [0.25, 0.3) is 0 Å². The quantitative estimate of drug-likeness (QED) is 0.688. The first-order valence-corrected chi connectivity index (χ1v) is 9.52. The molecule has 0 spiro atoms. The van der Waals surface area contributed by atoms with Gasteiger partial charge in [-0.25, -0.2) is 0 Å². The molecule has 0 saturated carbocycles. The van der Waals surface area contributed by atoms with Crippen molar-refractivity contribution in [2.45, 2.75) is 6.54 Å². The average molecular weight is 393 g/mol. The van der Waals surface area contributed by atoms with E-state index < -0.39 is 0 Å². The summed E-state index contributed by atoms with van der Waals surface area (Å²) in [5.74, 6) is 2.07. The van der Waals surface area contributed by atoms with Crippen molar-refractivity contribution in [3.05, 3.63) is 66.2 Å². The molecule has 4 rings (SSSR count). The lowest BCUT2D eigenvalue weighted by atomic mass is 10.2. The maximum atomic E-state index is 12.2. The minimum Gasteiger partial charge on any atom is -0.495 e. The summed E-state index contributed by atoms with van der Waals surface area (Å²) < 4.78 is 10.7. The molecule has 0 unspecified atom stereocenters. The molecule has 1 saturated heterocycles. The van der Waals surface area contributed by atoms with Gasteiger partial charge in [-0.05, 0) is 36.4 Å². The summed E-state index contributed by atoms with van der Waals surface area (Å²) in [6.45, 7) is 3.66. The maximum absolute atomic E-state index is 12.2. The van der Waals surface area contributed by atoms with Crippen molar-refractivity contribution in [2.75, 3.05) is 43.1 Å². The molecule has 3 aromatic rings. The highest BCUT2D eigenvalue weighted by atomic mass is 16.5. The van der Waals surface area contributed by atoms with Gasteiger partial charge in [-0.3, -0.25) is 4.79 Å². The molecule has 1 aliphatic heterocycles. The molecule has 0 radical (unpaired) electrons. The fourth-order valence-corrected chi connectivity index (χ4v) is 3.35. The molecule has 0 atom stereocenters. The maximum Gasteiger partial charge on any atom is 0.272 e. The van der Waals surface area contributed by atoms with Crippen LogP contribution in [-0.2, 0) is 6.54 Å². The van der Waals surface area contributed by atoms with E-state index in [-0.39, 0.29) is 11.6 Å². The third-order valence-electron chi connectivity index (χ3n) is 4.92. The van der Waals surface area contributed by atoms with Gasteiger partial charge in [0.15, 0.2) is 11.5 Å². The Kier molecular flexibility index (Phi) is 5.60. The predicted octanol–water partition coefficient (Wildman–Crippen LogP) is 2.33. The molecular weight excluding hydrogens is 370 g/mol. The summed E-state index contributed by atoms with van der Waals surface area (Å²) >= 11 is 0. The topological polar surface area (TPSA) is 83.7 Å². The number of nitrogens with one attached hydrogen (secondary N) is 1. The molecule has 1 aromatic carbocycles. The van der Waals surface area contributed by atoms with E-state index in [4.69, 9.17) is 9.15 Å². The van der Waals surface area contributed by atoms with Crippen LogP contribution < -0.4 is 19.9 Å². The highest BCUT2D eigenvalue weighted by Gasteiger charge is 2.21. The highest BCUT2D eigenvalue weighted by Crippen LogP contribution is 2.28. The number of amides is 1. The number of carbonyl (C=O) groups excluding carboxylic acids is 1. The number of hydrogen-bond donors (Lipinski definition) is 1. The van der Waals surface area contributed by atoms with Crippen LogP contribution >= 0.6 is 0 Å². The van der Waals surface area contributed by atoms with E-state index >= 15 is 0 Å². The van der Waals surface area contributed by atoms with E-state index in [9.17, 15) is 4.79 Å². The van der Waals surface area contributed by atoms with Crippen LogP contribution in [0.3, 0.4) is 0 Å². The van der Waals surface area contributed by atoms with Crippen molar-refractivity contribution >= 4 is 17.4 Å². The third kappa shape index (κ3) is 4.31. The van der Waals surface area contributed by atoms with E-state index in [1.807, 2.05) is 24.3 Å². The number of ether oxygens (including phenoxy) is 1. The molecule has 1 aliphatic rings. The fraction of sp³-hybridized carbons (Fsp3) is 0.286. The minimum absolute atomic E-state index is 0.276. The van der Waals surface area contributed by atoms with Gasteiger partial charge in [-0.15, -0.1) is 10.2 Å². The lowest BCUT2D eigenvalue weighted by Crippen LogP contribution is -2.47. The van der Waals surface area contributed by atoms with Gasteiger partial charge in [0.2, 0.25) is 0 Å². The van der Waals surface area contributed by atoms with E-state index in [1.165, 1.54) is 0 Å². The Hall–Kier alpha value is -3.55. The summed E-state index contributed by atoms with van der Waals surface area (Å²) in [4.78, 5) is 16.7. The van der Waals surface area contributed by atoms with Crippen LogP contribution in [0.15, 0.2) is 59.2 Å². The Labute approximate surface area is 169 Å². The normalized spacial score (nSPS) is 14.0. The lowest BCUT2D eigenvalue weighted by Gasteiger charge is -2.37. The molecule has 3 heterocycles. The van der Waals surface area contributed by atoms with Crippen molar-refractivity contribution in [3.8, 4) is 5.75 Å². The Balaban J connectivity index is 1.33. The first kappa shape index (κ1) is 18.8. The number of para-hydroxylation sites is 2. The monoisotopic (exact) mass is 393 g/mol. The Morgan fingerprint density at radius 2 is 1.83 bits per heavy atom. The van der Waals surface area contributed by atoms with E-state index in [0.29, 0.717) is 12.3 Å². The van der Waals surface area contributed by atoms with Crippen LogP contribution in [0, 0.1) is 0 Å². The summed E-state index contributed by atoms with van der Waals surface area (Å²) in [6, 6.07) is 15.2. The second-order valence-electron chi connectivity index (χ2n) is 6.68. The van der Waals surface area contributed by atoms with Crippen LogP contribution in [0.5, 0.6) is 5.75 Å². The van der Waals surface area contributed by atoms with Gasteiger partial charge in [0, 0.05) is 26.2 Å². The second kappa shape index (κ2) is 8.64. The minimum atomic E-state index is -0.276. The van der Waals surface area contributed by atoms with Crippen LogP contribution in [0.1, 0.15) is 16.2 Å². The van der Waals surface area contributed by atoms with Crippen molar-refractivity contribution < 1.29 is 13.9 Å². The van der Waals surface area contributed by atoms with Gasteiger partial charge in [-0.1, -0.05) is 12.1 Å². The predicted molar refractivity (Wildman–Crippen MR) is 109 cm³/mol.